The maximum absolute atomic E-state index is 12.5. The molecular formula is C32H27Br2N3O4. The number of nitrogens with zero attached hydrogens (tertiary/aromatic N) is 3. The van der Waals surface area contributed by atoms with Crippen LogP contribution in [-0.2, 0) is 14.3 Å². The van der Waals surface area contributed by atoms with Gasteiger partial charge in [0.25, 0.3) is 0 Å². The van der Waals surface area contributed by atoms with Crippen LogP contribution < -0.4 is 4.90 Å². The molecule has 0 aliphatic carbocycles. The minimum Gasteiger partial charge on any atom is -0.465 e. The molecule has 1 fully saturated rings. The standard InChI is InChI=1S/C32H27Br2N3O4/c1-3-36-32(35-30-28(31(38)39-2)19-23(33)20-29(30)34)41-27(21-40-36)18-22-14-16-26(17-15-22)37(24-10-6-4-7-11-24)25-12-8-5-9-13-25/h4-20H,3,21H2,1-2H3/b27-18+,35-32+. The second-order valence-electron chi connectivity index (χ2n) is 8.95. The van der Waals surface area contributed by atoms with Gasteiger partial charge in [-0.25, -0.2) is 9.86 Å². The second kappa shape index (κ2) is 13.2. The Morgan fingerprint density at radius 1 is 0.951 bits per heavy atom. The Hall–Kier alpha value is -3.92. The van der Waals surface area contributed by atoms with Crippen LogP contribution in [0.25, 0.3) is 6.08 Å². The largest absolute Gasteiger partial charge is 0.465 e. The van der Waals surface area contributed by atoms with Gasteiger partial charge >= 0.3 is 12.0 Å². The van der Waals surface area contributed by atoms with Crippen LogP contribution in [0.2, 0.25) is 0 Å². The van der Waals surface area contributed by atoms with Crippen LogP contribution in [0.5, 0.6) is 0 Å². The van der Waals surface area contributed by atoms with Gasteiger partial charge < -0.3 is 14.4 Å². The summed E-state index contributed by atoms with van der Waals surface area (Å²) in [5.41, 5.74) is 4.77. The van der Waals surface area contributed by atoms with E-state index in [0.29, 0.717) is 26.9 Å². The number of anilines is 3. The Kier molecular flexibility index (Phi) is 9.18. The molecule has 4 aromatic carbocycles. The van der Waals surface area contributed by atoms with Crippen molar-refractivity contribution in [2.75, 3.05) is 25.2 Å². The van der Waals surface area contributed by atoms with Gasteiger partial charge in [-0.05, 0) is 83.0 Å². The highest BCUT2D eigenvalue weighted by Crippen LogP contribution is 2.36. The van der Waals surface area contributed by atoms with Gasteiger partial charge in [-0.1, -0.05) is 64.5 Å². The molecule has 0 radical (unpaired) electrons. The fourth-order valence-electron chi connectivity index (χ4n) is 4.32. The number of hydrogen-bond donors (Lipinski definition) is 0. The van der Waals surface area contributed by atoms with Crippen LogP contribution in [0.3, 0.4) is 0 Å². The predicted molar refractivity (Wildman–Crippen MR) is 169 cm³/mol. The van der Waals surface area contributed by atoms with E-state index in [1.807, 2.05) is 61.5 Å². The molecule has 0 N–H and O–H groups in total. The lowest BCUT2D eigenvalue weighted by molar-refractivity contribution is -0.130. The van der Waals surface area contributed by atoms with Crippen molar-refractivity contribution in [2.45, 2.75) is 6.92 Å². The molecule has 9 heteroatoms. The first-order valence-electron chi connectivity index (χ1n) is 12.9. The third-order valence-electron chi connectivity index (χ3n) is 6.23. The first-order valence-corrected chi connectivity index (χ1v) is 14.5. The number of aliphatic imine (C=N–C) groups is 1. The topological polar surface area (TPSA) is 63.6 Å². The molecule has 41 heavy (non-hydrogen) atoms. The number of para-hydroxylation sites is 2. The number of hydrogen-bond acceptors (Lipinski definition) is 6. The third kappa shape index (κ3) is 6.70. The van der Waals surface area contributed by atoms with Crippen LogP contribution in [0.15, 0.2) is 117 Å². The Labute approximate surface area is 255 Å². The van der Waals surface area contributed by atoms with Gasteiger partial charge in [0.05, 0.1) is 18.4 Å². The van der Waals surface area contributed by atoms with E-state index in [-0.39, 0.29) is 18.2 Å². The summed E-state index contributed by atoms with van der Waals surface area (Å²) in [5.74, 6) is 0.0686. The summed E-state index contributed by atoms with van der Waals surface area (Å²) in [5, 5.41) is 1.55. The van der Waals surface area contributed by atoms with Crippen LogP contribution in [0.1, 0.15) is 22.8 Å². The summed E-state index contributed by atoms with van der Waals surface area (Å²) in [6.07, 6.45) is 1.92. The number of methoxy groups -OCH3 is 1. The Bertz CT molecular complexity index is 1540. The molecule has 1 aliphatic rings. The van der Waals surface area contributed by atoms with E-state index in [9.17, 15) is 4.79 Å². The molecule has 0 saturated carbocycles. The number of ether oxygens (including phenoxy) is 2. The van der Waals surface area contributed by atoms with Gasteiger partial charge in [-0.15, -0.1) is 0 Å². The summed E-state index contributed by atoms with van der Waals surface area (Å²) in [7, 11) is 1.33. The number of benzene rings is 4. The average Bonchev–Trinajstić information content (AvgIpc) is 3.00. The number of hydroxylamine groups is 2. The highest BCUT2D eigenvalue weighted by molar-refractivity contribution is 9.11. The third-order valence-corrected chi connectivity index (χ3v) is 7.30. The van der Waals surface area contributed by atoms with Crippen molar-refractivity contribution in [2.24, 2.45) is 4.99 Å². The van der Waals surface area contributed by atoms with Gasteiger partial charge in [0.15, 0.2) is 0 Å². The monoisotopic (exact) mass is 675 g/mol. The number of esters is 1. The number of carbonyl (C=O) groups is 1. The average molecular weight is 677 g/mol. The molecular weight excluding hydrogens is 650 g/mol. The minimum atomic E-state index is -0.512. The number of amidine groups is 1. The maximum Gasteiger partial charge on any atom is 0.340 e. The van der Waals surface area contributed by atoms with E-state index in [4.69, 9.17) is 14.3 Å². The lowest BCUT2D eigenvalue weighted by Crippen LogP contribution is -2.38. The summed E-state index contributed by atoms with van der Waals surface area (Å²) >= 11 is 6.92. The zero-order valence-corrected chi connectivity index (χ0v) is 25.6. The highest BCUT2D eigenvalue weighted by atomic mass is 79.9. The van der Waals surface area contributed by atoms with E-state index in [1.54, 1.807) is 17.2 Å². The van der Waals surface area contributed by atoms with Gasteiger partial charge in [-0.3, -0.25) is 4.84 Å². The zero-order chi connectivity index (χ0) is 28.8. The number of carbonyl (C=O) groups excluding carboxylic acids is 1. The predicted octanol–water partition coefficient (Wildman–Crippen LogP) is 8.78. The Morgan fingerprint density at radius 3 is 2.15 bits per heavy atom. The van der Waals surface area contributed by atoms with Gasteiger partial charge in [0.2, 0.25) is 0 Å². The molecule has 7 nitrogen and oxygen atoms in total. The second-order valence-corrected chi connectivity index (χ2v) is 10.7. The molecule has 1 heterocycles. The number of rotatable bonds is 7. The minimum absolute atomic E-state index is 0.217. The first kappa shape index (κ1) is 28.6. The van der Waals surface area contributed by atoms with Crippen LogP contribution in [0.4, 0.5) is 22.7 Å². The van der Waals surface area contributed by atoms with Crippen molar-refractivity contribution in [1.82, 2.24) is 5.06 Å². The van der Waals surface area contributed by atoms with E-state index < -0.39 is 5.97 Å². The molecule has 208 valence electrons. The quantitative estimate of drug-likeness (QED) is 0.182. The van der Waals surface area contributed by atoms with E-state index in [0.717, 1.165) is 22.6 Å². The van der Waals surface area contributed by atoms with Crippen molar-refractivity contribution < 1.29 is 19.1 Å². The van der Waals surface area contributed by atoms with Gasteiger partial charge in [0, 0.05) is 32.6 Å². The lowest BCUT2D eigenvalue weighted by atomic mass is 10.1. The fourth-order valence-corrected chi connectivity index (χ4v) is 5.63. The van der Waals surface area contributed by atoms with Crippen LogP contribution in [-0.4, -0.2) is 37.3 Å². The maximum atomic E-state index is 12.5. The van der Waals surface area contributed by atoms with Crippen LogP contribution in [0, 0.1) is 0 Å². The van der Waals surface area contributed by atoms with E-state index >= 15 is 0 Å². The molecule has 1 aliphatic heterocycles. The van der Waals surface area contributed by atoms with E-state index in [1.165, 1.54) is 7.11 Å². The van der Waals surface area contributed by atoms with Crippen LogP contribution >= 0.6 is 31.9 Å². The molecule has 4 aromatic rings. The molecule has 0 amide bonds. The smallest absolute Gasteiger partial charge is 0.340 e. The van der Waals surface area contributed by atoms with Gasteiger partial charge in [-0.2, -0.15) is 4.99 Å². The highest BCUT2D eigenvalue weighted by Gasteiger charge is 2.25. The number of halogens is 2. The van der Waals surface area contributed by atoms with Crippen molar-refractivity contribution >= 4 is 72.7 Å². The summed E-state index contributed by atoms with van der Waals surface area (Å²) in [4.78, 5) is 25.2. The molecule has 5 rings (SSSR count). The lowest BCUT2D eigenvalue weighted by Gasteiger charge is -2.29. The normalized spacial score (nSPS) is 15.1. The summed E-state index contributed by atoms with van der Waals surface area (Å²) in [6, 6.07) is 32.4. The fraction of sp³-hybridized carbons (Fsp3) is 0.125. The molecule has 0 spiro atoms. The van der Waals surface area contributed by atoms with Gasteiger partial charge in [0.1, 0.15) is 12.4 Å². The molecule has 1 saturated heterocycles. The summed E-state index contributed by atoms with van der Waals surface area (Å²) < 4.78 is 12.5. The van der Waals surface area contributed by atoms with Crippen molar-refractivity contribution in [3.05, 3.63) is 123 Å². The van der Waals surface area contributed by atoms with Crippen molar-refractivity contribution in [1.29, 1.82) is 0 Å². The first-order chi connectivity index (χ1) is 20.0. The zero-order valence-electron chi connectivity index (χ0n) is 22.5. The SMILES string of the molecule is CCN1OC/C(=C\c2ccc(N(c3ccccc3)c3ccccc3)cc2)O/C1=N/c1c(Br)cc(Br)cc1C(=O)OC. The molecule has 0 atom stereocenters. The van der Waals surface area contributed by atoms with Crippen molar-refractivity contribution in [3.8, 4) is 0 Å². The molecule has 0 aromatic heterocycles. The molecule has 0 unspecified atom stereocenters. The Balaban J connectivity index is 1.44. The van der Waals surface area contributed by atoms with Crippen molar-refractivity contribution in [3.63, 3.8) is 0 Å². The molecule has 0 bridgehead atoms. The Morgan fingerprint density at radius 2 is 1.56 bits per heavy atom. The summed E-state index contributed by atoms with van der Waals surface area (Å²) in [6.45, 7) is 2.66. The van der Waals surface area contributed by atoms with E-state index in [2.05, 4.69) is 78.2 Å².